The van der Waals surface area contributed by atoms with Gasteiger partial charge in [0.25, 0.3) is 0 Å². The molecule has 2 rings (SSSR count). The largest absolute Gasteiger partial charge is 0.391 e. The molecular formula is C14H19ClN2O3S. The lowest BCUT2D eigenvalue weighted by Gasteiger charge is -2.26. The van der Waals surface area contributed by atoms with Gasteiger partial charge in [0.15, 0.2) is 0 Å². The van der Waals surface area contributed by atoms with E-state index in [2.05, 4.69) is 5.32 Å². The van der Waals surface area contributed by atoms with Gasteiger partial charge in [-0.25, -0.2) is 0 Å². The molecule has 2 amide bonds. The third-order valence-electron chi connectivity index (χ3n) is 3.39. The van der Waals surface area contributed by atoms with Crippen molar-refractivity contribution in [2.24, 2.45) is 5.92 Å². The fourth-order valence-corrected chi connectivity index (χ4v) is 3.13. The van der Waals surface area contributed by atoms with E-state index in [4.69, 9.17) is 11.6 Å². The van der Waals surface area contributed by atoms with Gasteiger partial charge in [0.1, 0.15) is 6.04 Å². The summed E-state index contributed by atoms with van der Waals surface area (Å²) in [5.74, 6) is -0.453. The maximum absolute atomic E-state index is 12.4. The minimum absolute atomic E-state index is 0.000425. The van der Waals surface area contributed by atoms with E-state index in [1.807, 2.05) is 6.07 Å². The van der Waals surface area contributed by atoms with Crippen molar-refractivity contribution >= 4 is 34.8 Å². The summed E-state index contributed by atoms with van der Waals surface area (Å²) < 4.78 is 0.667. The highest BCUT2D eigenvalue weighted by Crippen LogP contribution is 2.29. The molecule has 1 aliphatic rings. The fraction of sp³-hybridized carbons (Fsp3) is 0.571. The van der Waals surface area contributed by atoms with Crippen molar-refractivity contribution in [3.05, 3.63) is 21.3 Å². The molecule has 1 aromatic rings. The smallest absolute Gasteiger partial charge is 0.247 e. The molecule has 1 saturated carbocycles. The number of carbonyl (C=O) groups is 2. The summed E-state index contributed by atoms with van der Waals surface area (Å²) in [6.45, 7) is 1.91. The first-order chi connectivity index (χ1) is 9.88. The number of carbonyl (C=O) groups excluding carboxylic acids is 2. The van der Waals surface area contributed by atoms with Gasteiger partial charge in [-0.2, -0.15) is 0 Å². The molecule has 0 spiro atoms. The lowest BCUT2D eigenvalue weighted by Crippen LogP contribution is -2.53. The number of amides is 2. The highest BCUT2D eigenvalue weighted by atomic mass is 35.5. The first-order valence-corrected chi connectivity index (χ1v) is 8.05. The molecule has 1 fully saturated rings. The second-order valence-electron chi connectivity index (χ2n) is 5.40. The van der Waals surface area contributed by atoms with Crippen molar-refractivity contribution in [1.29, 1.82) is 0 Å². The summed E-state index contributed by atoms with van der Waals surface area (Å²) in [6.07, 6.45) is 0.779. The maximum Gasteiger partial charge on any atom is 0.247 e. The van der Waals surface area contributed by atoms with E-state index in [-0.39, 0.29) is 17.7 Å². The number of aliphatic hydroxyl groups excluding tert-OH is 1. The van der Waals surface area contributed by atoms with Crippen LogP contribution in [0.1, 0.15) is 24.6 Å². The topological polar surface area (TPSA) is 69.6 Å². The molecule has 116 valence electrons. The summed E-state index contributed by atoms with van der Waals surface area (Å²) in [6, 6.07) is 2.73. The van der Waals surface area contributed by atoms with Crippen molar-refractivity contribution in [1.82, 2.24) is 10.2 Å². The molecule has 2 unspecified atom stereocenters. The molecule has 0 radical (unpaired) electrons. The van der Waals surface area contributed by atoms with Crippen LogP contribution >= 0.6 is 22.9 Å². The van der Waals surface area contributed by atoms with E-state index in [0.717, 1.165) is 17.7 Å². The minimum atomic E-state index is -0.936. The van der Waals surface area contributed by atoms with Crippen molar-refractivity contribution in [3.63, 3.8) is 0 Å². The van der Waals surface area contributed by atoms with Gasteiger partial charge in [-0.05, 0) is 31.9 Å². The van der Waals surface area contributed by atoms with Crippen LogP contribution in [-0.2, 0) is 16.1 Å². The van der Waals surface area contributed by atoms with Gasteiger partial charge in [0, 0.05) is 17.8 Å². The van der Waals surface area contributed by atoms with Crippen LogP contribution < -0.4 is 5.32 Å². The van der Waals surface area contributed by atoms with Crippen molar-refractivity contribution < 1.29 is 14.7 Å². The van der Waals surface area contributed by atoms with Gasteiger partial charge in [-0.1, -0.05) is 11.6 Å². The normalized spacial score (nSPS) is 17.1. The number of nitrogens with zero attached hydrogens (tertiary/aromatic N) is 1. The number of likely N-dealkylation sites (N-methyl/N-ethyl adjacent to an activating group) is 1. The molecule has 0 aromatic carbocycles. The highest BCUT2D eigenvalue weighted by Gasteiger charge is 2.35. The van der Waals surface area contributed by atoms with Gasteiger partial charge in [-0.3, -0.25) is 9.59 Å². The molecule has 1 aromatic heterocycles. The first kappa shape index (κ1) is 16.3. The Kier molecular flexibility index (Phi) is 5.24. The van der Waals surface area contributed by atoms with E-state index < -0.39 is 12.1 Å². The summed E-state index contributed by atoms with van der Waals surface area (Å²) >= 11 is 7.27. The molecule has 1 aliphatic carbocycles. The molecule has 5 nitrogen and oxygen atoms in total. The van der Waals surface area contributed by atoms with Crippen LogP contribution in [0.5, 0.6) is 0 Å². The molecule has 2 N–H and O–H groups in total. The summed E-state index contributed by atoms with van der Waals surface area (Å²) in [5, 5.41) is 12.4. The number of hydrogen-bond acceptors (Lipinski definition) is 4. The predicted molar refractivity (Wildman–Crippen MR) is 82.1 cm³/mol. The molecule has 7 heteroatoms. The fourth-order valence-electron chi connectivity index (χ4n) is 1.99. The van der Waals surface area contributed by atoms with Crippen LogP contribution in [0.4, 0.5) is 0 Å². The van der Waals surface area contributed by atoms with E-state index in [0.29, 0.717) is 10.9 Å². The monoisotopic (exact) mass is 330 g/mol. The lowest BCUT2D eigenvalue weighted by atomic mass is 10.1. The number of halogens is 1. The van der Waals surface area contributed by atoms with E-state index >= 15 is 0 Å². The zero-order chi connectivity index (χ0) is 15.6. The average Bonchev–Trinajstić information content (AvgIpc) is 3.19. The van der Waals surface area contributed by atoms with Crippen LogP contribution in [0.15, 0.2) is 12.1 Å². The van der Waals surface area contributed by atoms with E-state index in [1.165, 1.54) is 23.2 Å². The Balaban J connectivity index is 1.97. The van der Waals surface area contributed by atoms with Crippen LogP contribution in [0.3, 0.4) is 0 Å². The number of aliphatic hydroxyl groups is 1. The van der Waals surface area contributed by atoms with Gasteiger partial charge in [0.05, 0.1) is 17.0 Å². The van der Waals surface area contributed by atoms with Crippen molar-refractivity contribution in [3.8, 4) is 0 Å². The molecule has 0 aliphatic heterocycles. The third-order valence-corrected chi connectivity index (χ3v) is 4.61. The Bertz CT molecular complexity index is 528. The van der Waals surface area contributed by atoms with Gasteiger partial charge in [-0.15, -0.1) is 11.3 Å². The Morgan fingerprint density at radius 1 is 1.52 bits per heavy atom. The standard InChI is InChI=1S/C14H19ClN2O3S/c1-8(18)12(16-13(19)9-3-4-9)14(20)17(2)7-10-5-6-11(15)21-10/h5-6,8-9,12,18H,3-4,7H2,1-2H3,(H,16,19). The molecular weight excluding hydrogens is 312 g/mol. The zero-order valence-corrected chi connectivity index (χ0v) is 13.6. The summed E-state index contributed by atoms with van der Waals surface area (Å²) in [7, 11) is 1.65. The van der Waals surface area contributed by atoms with E-state index in [1.54, 1.807) is 13.1 Å². The summed E-state index contributed by atoms with van der Waals surface area (Å²) in [4.78, 5) is 26.6. The molecule has 0 saturated heterocycles. The molecule has 21 heavy (non-hydrogen) atoms. The Hall–Kier alpha value is -1.11. The lowest BCUT2D eigenvalue weighted by molar-refractivity contribution is -0.139. The predicted octanol–water partition coefficient (Wildman–Crippen LogP) is 1.64. The quantitative estimate of drug-likeness (QED) is 0.833. The Labute approximate surface area is 132 Å². The van der Waals surface area contributed by atoms with Crippen LogP contribution in [0, 0.1) is 5.92 Å². The minimum Gasteiger partial charge on any atom is -0.391 e. The summed E-state index contributed by atoms with van der Waals surface area (Å²) in [5.41, 5.74) is 0. The second-order valence-corrected chi connectivity index (χ2v) is 7.20. The van der Waals surface area contributed by atoms with Gasteiger partial charge in [0.2, 0.25) is 11.8 Å². The first-order valence-electron chi connectivity index (χ1n) is 6.86. The Morgan fingerprint density at radius 3 is 2.67 bits per heavy atom. The van der Waals surface area contributed by atoms with E-state index in [9.17, 15) is 14.7 Å². The number of thiophene rings is 1. The van der Waals surface area contributed by atoms with Gasteiger partial charge < -0.3 is 15.3 Å². The molecule has 0 bridgehead atoms. The SMILES string of the molecule is CC(O)C(NC(=O)C1CC1)C(=O)N(C)Cc1ccc(Cl)s1. The maximum atomic E-state index is 12.4. The molecule has 1 heterocycles. The van der Waals surface area contributed by atoms with Crippen LogP contribution in [0.25, 0.3) is 0 Å². The van der Waals surface area contributed by atoms with Gasteiger partial charge >= 0.3 is 0 Å². The molecule has 2 atom stereocenters. The van der Waals surface area contributed by atoms with Crippen molar-refractivity contribution in [2.75, 3.05) is 7.05 Å². The number of nitrogens with one attached hydrogen (secondary N) is 1. The van der Waals surface area contributed by atoms with Crippen molar-refractivity contribution in [2.45, 2.75) is 38.5 Å². The number of rotatable bonds is 6. The Morgan fingerprint density at radius 2 is 2.19 bits per heavy atom. The average molecular weight is 331 g/mol. The zero-order valence-electron chi connectivity index (χ0n) is 12.0. The highest BCUT2D eigenvalue weighted by molar-refractivity contribution is 7.16. The number of hydrogen-bond donors (Lipinski definition) is 2. The van der Waals surface area contributed by atoms with Crippen LogP contribution in [-0.4, -0.2) is 41.0 Å². The van der Waals surface area contributed by atoms with Crippen LogP contribution in [0.2, 0.25) is 4.34 Å². The third kappa shape index (κ3) is 4.43. The second kappa shape index (κ2) is 6.77.